The first-order chi connectivity index (χ1) is 2.91. The first-order valence-electron chi connectivity index (χ1n) is 2.27. The molecule has 0 amide bonds. The van der Waals surface area contributed by atoms with Crippen LogP contribution in [-0.2, 0) is 0 Å². The summed E-state index contributed by atoms with van der Waals surface area (Å²) in [7, 11) is 0.142. The minimum Gasteiger partial charge on any atom is -0.327 e. The second-order valence-corrected chi connectivity index (χ2v) is 2.40. The Hall–Kier alpha value is -0.0831. The molecular formula is C4H11NSi. The van der Waals surface area contributed by atoms with Gasteiger partial charge in [0.15, 0.2) is 0 Å². The highest BCUT2D eigenvalue weighted by Gasteiger charge is 1.60. The van der Waals surface area contributed by atoms with Crippen LogP contribution in [0.5, 0.6) is 0 Å². The predicted molar refractivity (Wildman–Crippen MR) is 32.6 cm³/mol. The minimum absolute atomic E-state index is 0.142. The summed E-state index contributed by atoms with van der Waals surface area (Å²) in [6.45, 7) is 2.94. The highest BCUT2D eigenvalue weighted by Crippen LogP contribution is 1.61. The van der Waals surface area contributed by atoms with Crippen LogP contribution in [0, 0.1) is 0 Å². The maximum Gasteiger partial charge on any atom is 0.0420 e. The van der Waals surface area contributed by atoms with E-state index < -0.39 is 0 Å². The fourth-order valence-electron chi connectivity index (χ4n) is 0.263. The van der Waals surface area contributed by atoms with Crippen LogP contribution in [0.2, 0.25) is 6.55 Å². The van der Waals surface area contributed by atoms with E-state index >= 15 is 0 Å². The predicted octanol–water partition coefficient (Wildman–Crippen LogP) is -0.324. The molecule has 0 fully saturated rings. The molecule has 0 aliphatic heterocycles. The molecule has 0 aromatic rings. The Morgan fingerprint density at radius 1 is 1.83 bits per heavy atom. The molecule has 0 bridgehead atoms. The van der Waals surface area contributed by atoms with Gasteiger partial charge in [0.25, 0.3) is 0 Å². The van der Waals surface area contributed by atoms with Gasteiger partial charge in [-0.1, -0.05) is 12.6 Å². The highest BCUT2D eigenvalue weighted by molar-refractivity contribution is 6.40. The highest BCUT2D eigenvalue weighted by atomic mass is 28.2. The fourth-order valence-corrected chi connectivity index (χ4v) is 0.789. The molecule has 0 rings (SSSR count). The van der Waals surface area contributed by atoms with Gasteiger partial charge in [0.1, 0.15) is 0 Å². The van der Waals surface area contributed by atoms with Crippen LogP contribution in [0.4, 0.5) is 0 Å². The zero-order chi connectivity index (χ0) is 4.83. The Morgan fingerprint density at radius 2 is 2.50 bits per heavy atom. The van der Waals surface area contributed by atoms with E-state index in [1.54, 1.807) is 0 Å². The van der Waals surface area contributed by atoms with Crippen molar-refractivity contribution in [1.82, 2.24) is 0 Å². The Kier molecular flexibility index (Phi) is 4.85. The lowest BCUT2D eigenvalue weighted by atomic mass is 10.7. The lowest BCUT2D eigenvalue weighted by molar-refractivity contribution is 1.26. The molecule has 0 spiro atoms. The van der Waals surface area contributed by atoms with Crippen molar-refractivity contribution in [1.29, 1.82) is 0 Å². The van der Waals surface area contributed by atoms with E-state index in [9.17, 15) is 0 Å². The Bertz CT molecular complexity index is 36.8. The third-order valence-electron chi connectivity index (χ3n) is 0.538. The van der Waals surface area contributed by atoms with E-state index in [1.165, 1.54) is 0 Å². The van der Waals surface area contributed by atoms with Crippen molar-refractivity contribution in [2.45, 2.75) is 6.55 Å². The maximum absolute atomic E-state index is 5.15. The van der Waals surface area contributed by atoms with Gasteiger partial charge in [-0.2, -0.15) is 0 Å². The van der Waals surface area contributed by atoms with Crippen LogP contribution >= 0.6 is 0 Å². The first-order valence-corrected chi connectivity index (χ1v) is 4.50. The van der Waals surface area contributed by atoms with Gasteiger partial charge < -0.3 is 5.73 Å². The molecule has 0 saturated heterocycles. The van der Waals surface area contributed by atoms with Gasteiger partial charge in [0, 0.05) is 16.1 Å². The van der Waals surface area contributed by atoms with Gasteiger partial charge in [-0.25, -0.2) is 0 Å². The largest absolute Gasteiger partial charge is 0.327 e. The molecule has 1 nitrogen and oxygen atoms in total. The number of hydrogen-bond donors (Lipinski definition) is 1. The van der Waals surface area contributed by atoms with Crippen molar-refractivity contribution in [2.75, 3.05) is 6.54 Å². The van der Waals surface area contributed by atoms with Gasteiger partial charge >= 0.3 is 0 Å². The van der Waals surface area contributed by atoms with Crippen molar-refractivity contribution in [3.8, 4) is 0 Å². The average Bonchev–Trinajstić information content (AvgIpc) is 1.61. The molecule has 0 radical (unpaired) electrons. The lowest BCUT2D eigenvalue weighted by Crippen LogP contribution is -1.92. The van der Waals surface area contributed by atoms with Gasteiger partial charge in [-0.3, -0.25) is 0 Å². The summed E-state index contributed by atoms with van der Waals surface area (Å²) in [5.41, 5.74) is 7.34. The summed E-state index contributed by atoms with van der Waals surface area (Å²) in [5, 5.41) is 0. The standard InChI is InChI=1S/C4H11NSi/c1-6-4-2-3-5/h2,4H,3,5-6H2,1H3. The van der Waals surface area contributed by atoms with Crippen molar-refractivity contribution >= 4 is 9.52 Å². The van der Waals surface area contributed by atoms with Crippen LogP contribution in [-0.4, -0.2) is 16.1 Å². The topological polar surface area (TPSA) is 26.0 Å². The molecule has 6 heavy (non-hydrogen) atoms. The Labute approximate surface area is 41.1 Å². The monoisotopic (exact) mass is 101 g/mol. The molecule has 36 valence electrons. The van der Waals surface area contributed by atoms with Gasteiger partial charge in [0.05, 0.1) is 0 Å². The molecule has 0 saturated carbocycles. The Morgan fingerprint density at radius 3 is 2.67 bits per heavy atom. The summed E-state index contributed by atoms with van der Waals surface area (Å²) in [5.74, 6) is 0. The van der Waals surface area contributed by atoms with Crippen LogP contribution < -0.4 is 5.73 Å². The van der Waals surface area contributed by atoms with E-state index in [0.29, 0.717) is 6.54 Å². The van der Waals surface area contributed by atoms with Gasteiger partial charge in [-0.05, 0) is 0 Å². The summed E-state index contributed by atoms with van der Waals surface area (Å²) in [4.78, 5) is 0. The first kappa shape index (κ1) is 5.92. The summed E-state index contributed by atoms with van der Waals surface area (Å²) >= 11 is 0. The van der Waals surface area contributed by atoms with Gasteiger partial charge in [-0.15, -0.1) is 5.70 Å². The number of hydrogen-bond acceptors (Lipinski definition) is 1. The lowest BCUT2D eigenvalue weighted by Gasteiger charge is -1.72. The van der Waals surface area contributed by atoms with Crippen molar-refractivity contribution < 1.29 is 0 Å². The Balaban J connectivity index is 2.73. The molecule has 0 unspecified atom stereocenters. The van der Waals surface area contributed by atoms with E-state index in [-0.39, 0.29) is 9.52 Å². The molecule has 0 aromatic heterocycles. The molecular weight excluding hydrogens is 90.1 g/mol. The smallest absolute Gasteiger partial charge is 0.0420 e. The molecule has 2 heteroatoms. The molecule has 0 aromatic carbocycles. The van der Waals surface area contributed by atoms with Crippen molar-refractivity contribution in [3.63, 3.8) is 0 Å². The minimum atomic E-state index is 0.142. The number of rotatable bonds is 2. The zero-order valence-electron chi connectivity index (χ0n) is 4.15. The van der Waals surface area contributed by atoms with Crippen LogP contribution in [0.3, 0.4) is 0 Å². The van der Waals surface area contributed by atoms with Gasteiger partial charge in [0.2, 0.25) is 0 Å². The zero-order valence-corrected chi connectivity index (χ0v) is 5.56. The van der Waals surface area contributed by atoms with Crippen molar-refractivity contribution in [2.24, 2.45) is 5.73 Å². The van der Waals surface area contributed by atoms with E-state index in [2.05, 4.69) is 12.2 Å². The van der Waals surface area contributed by atoms with E-state index in [4.69, 9.17) is 5.73 Å². The summed E-state index contributed by atoms with van der Waals surface area (Å²) in [6.07, 6.45) is 2.02. The second kappa shape index (κ2) is 4.92. The van der Waals surface area contributed by atoms with Crippen LogP contribution in [0.1, 0.15) is 0 Å². The molecule has 0 aliphatic carbocycles. The number of nitrogens with two attached hydrogens (primary N) is 1. The SMILES string of the molecule is C[SiH2]C=CCN. The van der Waals surface area contributed by atoms with E-state index in [0.717, 1.165) is 0 Å². The summed E-state index contributed by atoms with van der Waals surface area (Å²) in [6, 6.07) is 0. The third-order valence-corrected chi connectivity index (χ3v) is 1.34. The fraction of sp³-hybridized carbons (Fsp3) is 0.500. The quantitative estimate of drug-likeness (QED) is 0.474. The molecule has 0 aliphatic rings. The molecule has 0 atom stereocenters. The third kappa shape index (κ3) is 3.92. The van der Waals surface area contributed by atoms with E-state index in [1.807, 2.05) is 6.08 Å². The van der Waals surface area contributed by atoms with Crippen LogP contribution in [0.15, 0.2) is 11.8 Å². The molecule has 0 heterocycles. The van der Waals surface area contributed by atoms with Crippen LogP contribution in [0.25, 0.3) is 0 Å². The van der Waals surface area contributed by atoms with Crippen molar-refractivity contribution in [3.05, 3.63) is 11.8 Å². The normalized spacial score (nSPS) is 12.3. The summed E-state index contributed by atoms with van der Waals surface area (Å²) < 4.78 is 0. The second-order valence-electron chi connectivity index (χ2n) is 1.12. The maximum atomic E-state index is 5.15. The molecule has 2 N–H and O–H groups in total. The average molecular weight is 101 g/mol.